The van der Waals surface area contributed by atoms with E-state index in [4.69, 9.17) is 5.26 Å². The van der Waals surface area contributed by atoms with Gasteiger partial charge in [0.1, 0.15) is 11.1 Å². The van der Waals surface area contributed by atoms with Gasteiger partial charge < -0.3 is 5.32 Å². The van der Waals surface area contributed by atoms with E-state index < -0.39 is 10.8 Å². The molecule has 2 heterocycles. The minimum atomic E-state index is -1.17. The van der Waals surface area contributed by atoms with Crippen molar-refractivity contribution < 1.29 is 4.21 Å². The van der Waals surface area contributed by atoms with Crippen LogP contribution in [0.1, 0.15) is 18.4 Å². The fraction of sp³-hybridized carbons (Fsp3) is 0.500. The minimum absolute atomic E-state index is 0.426. The van der Waals surface area contributed by atoms with Crippen LogP contribution in [-0.4, -0.2) is 28.0 Å². The standard InChI is InChI=1S/C12H15N3OS/c13-7-11-4-2-6-15-12(11)17(16)9-10-3-1-5-14-8-10/h2,4,6,10,14H,1,3,5,8-9H2/t10-,17-/m1/s1. The first-order valence-electron chi connectivity index (χ1n) is 5.75. The molecule has 2 rings (SSSR count). The molecule has 1 aromatic rings. The Morgan fingerprint density at radius 2 is 2.53 bits per heavy atom. The zero-order chi connectivity index (χ0) is 12.1. The molecule has 0 bridgehead atoms. The lowest BCUT2D eigenvalue weighted by atomic mass is 10.0. The second-order valence-corrected chi connectivity index (χ2v) is 5.60. The van der Waals surface area contributed by atoms with Gasteiger partial charge in [-0.1, -0.05) is 0 Å². The molecule has 1 aliphatic heterocycles. The van der Waals surface area contributed by atoms with Gasteiger partial charge in [0.25, 0.3) is 0 Å². The third kappa shape index (κ3) is 3.11. The van der Waals surface area contributed by atoms with Crippen molar-refractivity contribution >= 4 is 10.8 Å². The summed E-state index contributed by atoms with van der Waals surface area (Å²) in [5, 5.41) is 12.7. The first-order chi connectivity index (χ1) is 8.31. The quantitative estimate of drug-likeness (QED) is 0.870. The predicted octanol–water partition coefficient (Wildman–Crippen LogP) is 1.06. The molecule has 4 nitrogen and oxygen atoms in total. The second kappa shape index (κ2) is 5.89. The zero-order valence-electron chi connectivity index (χ0n) is 9.56. The molecular formula is C12H15N3OS. The van der Waals surface area contributed by atoms with E-state index in [1.165, 1.54) is 0 Å². The summed E-state index contributed by atoms with van der Waals surface area (Å²) in [6.07, 6.45) is 3.83. The molecule has 2 atom stereocenters. The van der Waals surface area contributed by atoms with Crippen LogP contribution in [0.4, 0.5) is 0 Å². The maximum atomic E-state index is 12.2. The molecule has 90 valence electrons. The van der Waals surface area contributed by atoms with Gasteiger partial charge in [0, 0.05) is 11.9 Å². The number of piperidine rings is 1. The summed E-state index contributed by atoms with van der Waals surface area (Å²) in [4.78, 5) is 4.07. The SMILES string of the molecule is N#Cc1cccnc1[S@](=O)C[C@@H]1CCCNC1. The van der Waals surface area contributed by atoms with Crippen molar-refractivity contribution in [1.29, 1.82) is 5.26 Å². The Labute approximate surface area is 104 Å². The van der Waals surface area contributed by atoms with Crippen molar-refractivity contribution in [3.05, 3.63) is 23.9 Å². The van der Waals surface area contributed by atoms with Gasteiger partial charge in [0.2, 0.25) is 0 Å². The lowest BCUT2D eigenvalue weighted by molar-refractivity contribution is 0.408. The van der Waals surface area contributed by atoms with Crippen LogP contribution in [0, 0.1) is 17.2 Å². The third-order valence-electron chi connectivity index (χ3n) is 2.89. The van der Waals surface area contributed by atoms with Gasteiger partial charge in [-0.3, -0.25) is 4.21 Å². The second-order valence-electron chi connectivity index (χ2n) is 4.19. The van der Waals surface area contributed by atoms with Gasteiger partial charge in [-0.2, -0.15) is 5.26 Å². The molecule has 0 amide bonds. The molecule has 0 radical (unpaired) electrons. The van der Waals surface area contributed by atoms with Crippen LogP contribution < -0.4 is 5.32 Å². The summed E-state index contributed by atoms with van der Waals surface area (Å²) in [5.74, 6) is 1.02. The fourth-order valence-electron chi connectivity index (χ4n) is 2.02. The minimum Gasteiger partial charge on any atom is -0.316 e. The highest BCUT2D eigenvalue weighted by atomic mass is 32.2. The highest BCUT2D eigenvalue weighted by Gasteiger charge is 2.19. The van der Waals surface area contributed by atoms with Crippen LogP contribution >= 0.6 is 0 Å². The van der Waals surface area contributed by atoms with E-state index >= 15 is 0 Å². The third-order valence-corrected chi connectivity index (χ3v) is 4.42. The van der Waals surface area contributed by atoms with Crippen molar-refractivity contribution in [3.8, 4) is 6.07 Å². The molecule has 5 heteroatoms. The average molecular weight is 249 g/mol. The monoisotopic (exact) mass is 249 g/mol. The average Bonchev–Trinajstić information content (AvgIpc) is 2.40. The molecule has 0 unspecified atom stereocenters. The summed E-state index contributed by atoms with van der Waals surface area (Å²) in [5.41, 5.74) is 0.426. The lowest BCUT2D eigenvalue weighted by Gasteiger charge is -2.21. The summed E-state index contributed by atoms with van der Waals surface area (Å²) in [7, 11) is -1.17. The molecule has 1 aliphatic rings. The van der Waals surface area contributed by atoms with Gasteiger partial charge in [-0.05, 0) is 44.0 Å². The highest BCUT2D eigenvalue weighted by molar-refractivity contribution is 7.85. The lowest BCUT2D eigenvalue weighted by Crippen LogP contribution is -2.32. The van der Waals surface area contributed by atoms with E-state index in [2.05, 4.69) is 10.3 Å². The Morgan fingerprint density at radius 3 is 3.24 bits per heavy atom. The Bertz CT molecular complexity index is 449. The van der Waals surface area contributed by atoms with Crippen LogP contribution in [0.25, 0.3) is 0 Å². The van der Waals surface area contributed by atoms with E-state index in [0.717, 1.165) is 25.9 Å². The normalized spacial score (nSPS) is 21.7. The largest absolute Gasteiger partial charge is 0.316 e. The maximum Gasteiger partial charge on any atom is 0.144 e. The molecule has 0 saturated carbocycles. The van der Waals surface area contributed by atoms with E-state index in [1.54, 1.807) is 18.3 Å². The molecule has 0 aliphatic carbocycles. The number of pyridine rings is 1. The first-order valence-corrected chi connectivity index (χ1v) is 7.07. The van der Waals surface area contributed by atoms with Crippen molar-refractivity contribution in [3.63, 3.8) is 0 Å². The fourth-order valence-corrected chi connectivity index (χ4v) is 3.42. The van der Waals surface area contributed by atoms with E-state index in [0.29, 0.717) is 22.3 Å². The zero-order valence-corrected chi connectivity index (χ0v) is 10.4. The Kier molecular flexibility index (Phi) is 4.24. The van der Waals surface area contributed by atoms with Crippen LogP contribution in [0.5, 0.6) is 0 Å². The van der Waals surface area contributed by atoms with Crippen LogP contribution in [-0.2, 0) is 10.8 Å². The van der Waals surface area contributed by atoms with Gasteiger partial charge in [0.05, 0.1) is 16.4 Å². The smallest absolute Gasteiger partial charge is 0.144 e. The molecule has 1 fully saturated rings. The van der Waals surface area contributed by atoms with E-state index in [-0.39, 0.29) is 0 Å². The van der Waals surface area contributed by atoms with Crippen molar-refractivity contribution in [2.75, 3.05) is 18.8 Å². The molecular weight excluding hydrogens is 234 g/mol. The number of rotatable bonds is 3. The Hall–Kier alpha value is -1.25. The van der Waals surface area contributed by atoms with Gasteiger partial charge >= 0.3 is 0 Å². The molecule has 0 aromatic carbocycles. The van der Waals surface area contributed by atoms with Crippen LogP contribution in [0.15, 0.2) is 23.4 Å². The van der Waals surface area contributed by atoms with Crippen LogP contribution in [0.3, 0.4) is 0 Å². The van der Waals surface area contributed by atoms with E-state index in [1.807, 2.05) is 6.07 Å². The molecule has 1 saturated heterocycles. The maximum absolute atomic E-state index is 12.2. The highest BCUT2D eigenvalue weighted by Crippen LogP contribution is 2.16. The molecule has 1 N–H and O–H groups in total. The summed E-state index contributed by atoms with van der Waals surface area (Å²) in [6, 6.07) is 5.40. The number of hydrogen-bond acceptors (Lipinski definition) is 4. The molecule has 17 heavy (non-hydrogen) atoms. The summed E-state index contributed by atoms with van der Waals surface area (Å²) in [6.45, 7) is 1.97. The van der Waals surface area contributed by atoms with Crippen LogP contribution in [0.2, 0.25) is 0 Å². The van der Waals surface area contributed by atoms with Crippen molar-refractivity contribution in [2.24, 2.45) is 5.92 Å². The van der Waals surface area contributed by atoms with Gasteiger partial charge in [-0.25, -0.2) is 4.98 Å². The summed E-state index contributed by atoms with van der Waals surface area (Å²) < 4.78 is 12.2. The number of nitrogens with one attached hydrogen (secondary N) is 1. The Morgan fingerprint density at radius 1 is 1.65 bits per heavy atom. The van der Waals surface area contributed by atoms with Gasteiger partial charge in [-0.15, -0.1) is 0 Å². The number of aromatic nitrogens is 1. The van der Waals surface area contributed by atoms with E-state index in [9.17, 15) is 4.21 Å². The summed E-state index contributed by atoms with van der Waals surface area (Å²) >= 11 is 0. The van der Waals surface area contributed by atoms with Crippen molar-refractivity contribution in [1.82, 2.24) is 10.3 Å². The number of nitrogens with zero attached hydrogens (tertiary/aromatic N) is 2. The molecule has 0 spiro atoms. The predicted molar refractivity (Wildman–Crippen MR) is 65.8 cm³/mol. The topological polar surface area (TPSA) is 65.8 Å². The van der Waals surface area contributed by atoms with Gasteiger partial charge in [0.15, 0.2) is 0 Å². The first kappa shape index (κ1) is 12.2. The van der Waals surface area contributed by atoms with Crippen molar-refractivity contribution in [2.45, 2.75) is 17.9 Å². The molecule has 1 aromatic heterocycles. The number of hydrogen-bond donors (Lipinski definition) is 1. The number of nitriles is 1. The Balaban J connectivity index is 2.06.